The van der Waals surface area contributed by atoms with E-state index in [1.807, 2.05) is 60.7 Å². The van der Waals surface area contributed by atoms with Crippen molar-refractivity contribution in [1.82, 2.24) is 15.0 Å². The fourth-order valence-electron chi connectivity index (χ4n) is 4.33. The summed E-state index contributed by atoms with van der Waals surface area (Å²) in [5.74, 6) is 2.29. The summed E-state index contributed by atoms with van der Waals surface area (Å²) >= 11 is 0. The van der Waals surface area contributed by atoms with E-state index in [1.54, 1.807) is 26.0 Å². The Balaban J connectivity index is 1.50. The maximum atomic E-state index is 11.6. The van der Waals surface area contributed by atoms with Crippen LogP contribution in [0.1, 0.15) is 36.6 Å². The Kier molecular flexibility index (Phi) is 13.7. The van der Waals surface area contributed by atoms with Gasteiger partial charge in [-0.05, 0) is 61.4 Å². The van der Waals surface area contributed by atoms with E-state index in [2.05, 4.69) is 18.5 Å². The van der Waals surface area contributed by atoms with Crippen molar-refractivity contribution in [3.8, 4) is 17.2 Å². The van der Waals surface area contributed by atoms with Crippen LogP contribution in [0.4, 0.5) is 11.6 Å². The molecule has 0 unspecified atom stereocenters. The Morgan fingerprint density at radius 1 is 0.653 bits per heavy atom. The molecule has 0 bridgehead atoms. The van der Waals surface area contributed by atoms with Gasteiger partial charge in [-0.15, -0.1) is 0 Å². The van der Waals surface area contributed by atoms with Gasteiger partial charge >= 0.3 is 11.9 Å². The molecular weight excluding hydrogens is 628 g/mol. The summed E-state index contributed by atoms with van der Waals surface area (Å²) in [6, 6.07) is 22.3. The highest BCUT2D eigenvalue weighted by Gasteiger charge is 2.12. The van der Waals surface area contributed by atoms with Crippen LogP contribution in [0, 0.1) is 0 Å². The average Bonchev–Trinajstić information content (AvgIpc) is 3.08. The molecule has 256 valence electrons. The molecule has 0 saturated heterocycles. The van der Waals surface area contributed by atoms with Gasteiger partial charge in [0.15, 0.2) is 0 Å². The molecule has 12 heteroatoms. The van der Waals surface area contributed by atoms with E-state index in [9.17, 15) is 9.59 Å². The molecule has 3 aromatic carbocycles. The number of carbonyl (C=O) groups excluding carboxylic acids is 2. The van der Waals surface area contributed by atoms with Gasteiger partial charge in [0.05, 0.1) is 6.61 Å². The summed E-state index contributed by atoms with van der Waals surface area (Å²) in [4.78, 5) is 37.4. The molecule has 4 rings (SSSR count). The van der Waals surface area contributed by atoms with E-state index in [0.717, 1.165) is 11.1 Å². The van der Waals surface area contributed by atoms with Gasteiger partial charge in [0.2, 0.25) is 5.95 Å². The van der Waals surface area contributed by atoms with Crippen molar-refractivity contribution in [2.24, 2.45) is 0 Å². The summed E-state index contributed by atoms with van der Waals surface area (Å²) in [5, 5.41) is 12.4. The second-order valence-electron chi connectivity index (χ2n) is 10.9. The maximum Gasteiger partial charge on any atom is 0.333 e. The lowest BCUT2D eigenvalue weighted by Crippen LogP contribution is -2.12. The lowest BCUT2D eigenvalue weighted by atomic mass is 10.1. The highest BCUT2D eigenvalue weighted by Crippen LogP contribution is 2.22. The van der Waals surface area contributed by atoms with Gasteiger partial charge in [0.1, 0.15) is 61.9 Å². The van der Waals surface area contributed by atoms with Gasteiger partial charge < -0.3 is 34.1 Å². The minimum Gasteiger partial charge on any atom is -0.491 e. The van der Waals surface area contributed by atoms with Gasteiger partial charge in [-0.25, -0.2) is 14.6 Å². The van der Waals surface area contributed by atoms with Crippen molar-refractivity contribution in [2.45, 2.75) is 26.7 Å². The van der Waals surface area contributed by atoms with Crippen LogP contribution in [0.25, 0.3) is 0 Å². The predicted octanol–water partition coefficient (Wildman–Crippen LogP) is 5.16. The number of aliphatic hydroxyl groups is 1. The van der Waals surface area contributed by atoms with Gasteiger partial charge in [0, 0.05) is 35.7 Å². The number of nitrogens with zero attached hydrogens (tertiary/aromatic N) is 3. The smallest absolute Gasteiger partial charge is 0.333 e. The van der Waals surface area contributed by atoms with Crippen LogP contribution in [0.3, 0.4) is 0 Å². The zero-order valence-electron chi connectivity index (χ0n) is 27.6. The highest BCUT2D eigenvalue weighted by atomic mass is 16.6. The van der Waals surface area contributed by atoms with Gasteiger partial charge in [-0.3, -0.25) is 0 Å². The number of esters is 2. The maximum absolute atomic E-state index is 11.6. The van der Waals surface area contributed by atoms with E-state index in [1.165, 1.54) is 0 Å². The molecule has 0 atom stereocenters. The molecule has 0 aliphatic rings. The summed E-state index contributed by atoms with van der Waals surface area (Å²) in [6.07, 6.45) is 0.773. The van der Waals surface area contributed by atoms with Gasteiger partial charge in [0.25, 0.3) is 0 Å². The number of aliphatic hydroxyl groups excluding tert-OH is 1. The van der Waals surface area contributed by atoms with Crippen molar-refractivity contribution in [1.29, 1.82) is 0 Å². The number of carbonyl (C=O) groups is 2. The highest BCUT2D eigenvalue weighted by molar-refractivity contribution is 5.87. The topological polar surface area (TPSA) is 151 Å². The van der Waals surface area contributed by atoms with Gasteiger partial charge in [-0.1, -0.05) is 43.5 Å². The number of anilines is 2. The first-order chi connectivity index (χ1) is 23.7. The third-order valence-corrected chi connectivity index (χ3v) is 6.57. The number of ether oxygens (including phenoxy) is 5. The third-order valence-electron chi connectivity index (χ3n) is 6.57. The molecule has 49 heavy (non-hydrogen) atoms. The van der Waals surface area contributed by atoms with Crippen LogP contribution in [0.2, 0.25) is 0 Å². The van der Waals surface area contributed by atoms with Crippen molar-refractivity contribution in [3.63, 3.8) is 0 Å². The van der Waals surface area contributed by atoms with Crippen LogP contribution in [0.5, 0.6) is 17.2 Å². The first kappa shape index (κ1) is 36.1. The molecule has 1 heterocycles. The normalized spacial score (nSPS) is 10.5. The molecule has 0 aliphatic heterocycles. The van der Waals surface area contributed by atoms with E-state index >= 15 is 0 Å². The van der Waals surface area contributed by atoms with Crippen molar-refractivity contribution < 1.29 is 38.4 Å². The van der Waals surface area contributed by atoms with Crippen LogP contribution in [-0.2, 0) is 31.9 Å². The Morgan fingerprint density at radius 3 is 1.61 bits per heavy atom. The van der Waals surface area contributed by atoms with Gasteiger partial charge in [-0.2, -0.15) is 9.97 Å². The van der Waals surface area contributed by atoms with Crippen molar-refractivity contribution in [2.75, 3.05) is 45.0 Å². The minimum atomic E-state index is -0.460. The Hall–Kier alpha value is -5.75. The molecule has 0 saturated carbocycles. The Labute approximate surface area is 285 Å². The second-order valence-corrected chi connectivity index (χ2v) is 10.9. The quantitative estimate of drug-likeness (QED) is 0.0771. The van der Waals surface area contributed by atoms with E-state index in [4.69, 9.17) is 43.7 Å². The molecule has 0 aliphatic carbocycles. The second kappa shape index (κ2) is 18.6. The fourth-order valence-corrected chi connectivity index (χ4v) is 4.33. The lowest BCUT2D eigenvalue weighted by Gasteiger charge is -2.12. The molecule has 0 fully saturated rings. The van der Waals surface area contributed by atoms with Crippen LogP contribution in [-0.4, -0.2) is 71.6 Å². The molecular formula is C37H40N4O8. The summed E-state index contributed by atoms with van der Waals surface area (Å²) in [5.41, 5.74) is 3.16. The Bertz CT molecular complexity index is 1660. The van der Waals surface area contributed by atoms with E-state index in [-0.39, 0.29) is 39.6 Å². The largest absolute Gasteiger partial charge is 0.491 e. The van der Waals surface area contributed by atoms with Crippen LogP contribution >= 0.6 is 0 Å². The number of nitrogens with one attached hydrogen (secondary N) is 1. The number of hydrogen-bond acceptors (Lipinski definition) is 12. The zero-order chi connectivity index (χ0) is 35.0. The molecule has 0 amide bonds. The standard InChI is InChI=1S/C37H40N4O8/c1-25(2)35(43)48-18-16-46-30-11-5-8-27(20-30)22-33-39-34(41-37(40-33)38-29-10-7-13-32(24-29)45-15-14-42)23-28-9-6-12-31(21-28)47-17-19-49-36(44)26(3)4/h5-13,20-21,24,42H,1,3,14-19,22-23H2,2,4H3,(H,38,39,40,41). The SMILES string of the molecule is C=C(C)C(=O)OCCOc1cccc(Cc2nc(Cc3cccc(OCCOC(=O)C(=C)C)c3)nc(Nc3cccc(OCCO)c3)n2)c1. The first-order valence-corrected chi connectivity index (χ1v) is 15.6. The number of benzene rings is 3. The zero-order valence-corrected chi connectivity index (χ0v) is 27.6. The summed E-state index contributed by atoms with van der Waals surface area (Å²) < 4.78 is 27.3. The predicted molar refractivity (Wildman–Crippen MR) is 183 cm³/mol. The van der Waals surface area contributed by atoms with E-state index in [0.29, 0.717) is 64.5 Å². The average molecular weight is 669 g/mol. The fraction of sp³-hybridized carbons (Fsp3) is 0.270. The minimum absolute atomic E-state index is 0.0960. The summed E-state index contributed by atoms with van der Waals surface area (Å²) in [7, 11) is 0. The first-order valence-electron chi connectivity index (χ1n) is 15.6. The summed E-state index contributed by atoms with van der Waals surface area (Å²) in [6.45, 7) is 11.0. The van der Waals surface area contributed by atoms with Crippen LogP contribution in [0.15, 0.2) is 97.1 Å². The van der Waals surface area contributed by atoms with E-state index < -0.39 is 11.9 Å². The third kappa shape index (κ3) is 12.4. The van der Waals surface area contributed by atoms with Crippen molar-refractivity contribution in [3.05, 3.63) is 120 Å². The molecule has 0 spiro atoms. The lowest BCUT2D eigenvalue weighted by molar-refractivity contribution is -0.140. The number of rotatable bonds is 19. The molecule has 4 aromatic rings. The molecule has 1 aromatic heterocycles. The number of aromatic nitrogens is 3. The molecule has 2 N–H and O–H groups in total. The molecule has 0 radical (unpaired) electrons. The van der Waals surface area contributed by atoms with Crippen LogP contribution < -0.4 is 19.5 Å². The monoisotopic (exact) mass is 668 g/mol. The van der Waals surface area contributed by atoms with Crippen molar-refractivity contribution >= 4 is 23.6 Å². The molecule has 12 nitrogen and oxygen atoms in total. The number of hydrogen-bond donors (Lipinski definition) is 2. The Morgan fingerprint density at radius 2 is 1.12 bits per heavy atom.